The van der Waals surface area contributed by atoms with Crippen molar-refractivity contribution in [3.05, 3.63) is 42.2 Å². The molecule has 1 aliphatic rings. The third-order valence-corrected chi connectivity index (χ3v) is 4.01. The maximum absolute atomic E-state index is 12.5. The van der Waals surface area contributed by atoms with Crippen molar-refractivity contribution in [3.63, 3.8) is 0 Å². The summed E-state index contributed by atoms with van der Waals surface area (Å²) >= 11 is 0. The number of likely N-dealkylation sites (tertiary alicyclic amines) is 1. The SMILES string of the molecule is Cc1c(N[C@H]2CCN(CC(F)(F)F)C2=O)cnn1-c1ccccc1. The van der Waals surface area contributed by atoms with Crippen LogP contribution in [0.1, 0.15) is 12.1 Å². The number of nitrogens with one attached hydrogen (secondary N) is 1. The zero-order chi connectivity index (χ0) is 17.3. The van der Waals surface area contributed by atoms with Crippen LogP contribution in [0.25, 0.3) is 5.69 Å². The summed E-state index contributed by atoms with van der Waals surface area (Å²) in [4.78, 5) is 13.0. The van der Waals surface area contributed by atoms with Gasteiger partial charge in [-0.05, 0) is 25.5 Å². The first-order chi connectivity index (χ1) is 11.3. The van der Waals surface area contributed by atoms with E-state index in [0.29, 0.717) is 12.1 Å². The summed E-state index contributed by atoms with van der Waals surface area (Å²) in [5.41, 5.74) is 2.31. The summed E-state index contributed by atoms with van der Waals surface area (Å²) < 4.78 is 39.1. The first-order valence-electron chi connectivity index (χ1n) is 7.57. The van der Waals surface area contributed by atoms with E-state index < -0.39 is 24.7 Å². The number of carbonyl (C=O) groups excluding carboxylic acids is 1. The molecule has 1 aromatic heterocycles. The van der Waals surface area contributed by atoms with Crippen molar-refractivity contribution in [3.8, 4) is 5.69 Å². The van der Waals surface area contributed by atoms with Gasteiger partial charge in [-0.15, -0.1) is 0 Å². The van der Waals surface area contributed by atoms with Gasteiger partial charge in [0.15, 0.2) is 0 Å². The number of rotatable bonds is 4. The van der Waals surface area contributed by atoms with E-state index in [1.54, 1.807) is 10.9 Å². The zero-order valence-electron chi connectivity index (χ0n) is 13.0. The predicted octanol–water partition coefficient (Wildman–Crippen LogP) is 2.76. The molecule has 24 heavy (non-hydrogen) atoms. The number of benzene rings is 1. The van der Waals surface area contributed by atoms with Gasteiger partial charge in [-0.3, -0.25) is 4.79 Å². The van der Waals surface area contributed by atoms with Gasteiger partial charge in [0, 0.05) is 6.54 Å². The highest BCUT2D eigenvalue weighted by atomic mass is 19.4. The second-order valence-corrected chi connectivity index (χ2v) is 5.75. The lowest BCUT2D eigenvalue weighted by atomic mass is 10.2. The molecule has 1 fully saturated rings. The van der Waals surface area contributed by atoms with E-state index in [1.165, 1.54) is 0 Å². The first kappa shape index (κ1) is 16.4. The summed E-state index contributed by atoms with van der Waals surface area (Å²) in [6.07, 6.45) is -2.45. The number of hydrogen-bond acceptors (Lipinski definition) is 3. The highest BCUT2D eigenvalue weighted by Crippen LogP contribution is 2.25. The monoisotopic (exact) mass is 338 g/mol. The Kier molecular flexibility index (Phi) is 4.21. The highest BCUT2D eigenvalue weighted by Gasteiger charge is 2.39. The number of hydrogen-bond donors (Lipinski definition) is 1. The molecular formula is C16H17F3N4O. The van der Waals surface area contributed by atoms with Gasteiger partial charge >= 0.3 is 6.18 Å². The summed E-state index contributed by atoms with van der Waals surface area (Å²) in [6.45, 7) is 0.739. The van der Waals surface area contributed by atoms with Gasteiger partial charge in [0.05, 0.1) is 23.3 Å². The van der Waals surface area contributed by atoms with E-state index in [1.807, 2.05) is 37.3 Å². The van der Waals surface area contributed by atoms with Crippen LogP contribution < -0.4 is 5.32 Å². The van der Waals surface area contributed by atoms with Crippen LogP contribution >= 0.6 is 0 Å². The fraction of sp³-hybridized carbons (Fsp3) is 0.375. The lowest BCUT2D eigenvalue weighted by Gasteiger charge is -2.19. The Morgan fingerprint density at radius 2 is 2.00 bits per heavy atom. The fourth-order valence-corrected chi connectivity index (χ4v) is 2.81. The van der Waals surface area contributed by atoms with Crippen molar-refractivity contribution in [2.24, 2.45) is 0 Å². The van der Waals surface area contributed by atoms with Crippen LogP contribution in [0.3, 0.4) is 0 Å². The van der Waals surface area contributed by atoms with Crippen LogP contribution in [0.15, 0.2) is 36.5 Å². The third kappa shape index (κ3) is 3.37. The van der Waals surface area contributed by atoms with Gasteiger partial charge in [0.1, 0.15) is 12.6 Å². The minimum atomic E-state index is -4.38. The maximum atomic E-state index is 12.5. The van der Waals surface area contributed by atoms with Crippen LogP contribution in [0.4, 0.5) is 18.9 Å². The molecule has 128 valence electrons. The quantitative estimate of drug-likeness (QED) is 0.933. The standard InChI is InChI=1S/C16H17F3N4O/c1-11-14(9-20-23(11)12-5-3-2-4-6-12)21-13-7-8-22(15(13)24)10-16(17,18)19/h2-6,9,13,21H,7-8,10H2,1H3/t13-/m0/s1. The van der Waals surface area contributed by atoms with Crippen molar-refractivity contribution in [1.29, 1.82) is 0 Å². The number of aromatic nitrogens is 2. The molecule has 1 amide bonds. The molecule has 1 atom stereocenters. The topological polar surface area (TPSA) is 50.2 Å². The van der Waals surface area contributed by atoms with Gasteiger partial charge in [-0.25, -0.2) is 4.68 Å². The Morgan fingerprint density at radius 3 is 2.67 bits per heavy atom. The summed E-state index contributed by atoms with van der Waals surface area (Å²) in [5.74, 6) is -0.529. The summed E-state index contributed by atoms with van der Waals surface area (Å²) in [7, 11) is 0. The summed E-state index contributed by atoms with van der Waals surface area (Å²) in [6, 6.07) is 8.82. The lowest BCUT2D eigenvalue weighted by molar-refractivity contribution is -0.157. The molecule has 0 saturated carbocycles. The number of nitrogens with zero attached hydrogens (tertiary/aromatic N) is 3. The van der Waals surface area contributed by atoms with E-state index in [2.05, 4.69) is 10.4 Å². The average Bonchev–Trinajstić information content (AvgIpc) is 3.05. The molecule has 0 radical (unpaired) electrons. The van der Waals surface area contributed by atoms with Gasteiger partial charge in [-0.1, -0.05) is 18.2 Å². The largest absolute Gasteiger partial charge is 0.406 e. The molecule has 2 heterocycles. The smallest absolute Gasteiger partial charge is 0.371 e. The van der Waals surface area contributed by atoms with Crippen LogP contribution in [0.2, 0.25) is 0 Å². The van der Waals surface area contributed by atoms with E-state index >= 15 is 0 Å². The number of halogens is 3. The number of para-hydroxylation sites is 1. The third-order valence-electron chi connectivity index (χ3n) is 4.01. The highest BCUT2D eigenvalue weighted by molar-refractivity contribution is 5.87. The number of alkyl halides is 3. The molecule has 1 aromatic carbocycles. The molecule has 0 spiro atoms. The van der Waals surface area contributed by atoms with Crippen molar-refractivity contribution >= 4 is 11.6 Å². The van der Waals surface area contributed by atoms with E-state index in [0.717, 1.165) is 16.3 Å². The summed E-state index contributed by atoms with van der Waals surface area (Å²) in [5, 5.41) is 7.30. The van der Waals surface area contributed by atoms with Crippen molar-refractivity contribution in [2.75, 3.05) is 18.4 Å². The number of carbonyl (C=O) groups is 1. The molecule has 1 N–H and O–H groups in total. The second kappa shape index (κ2) is 6.18. The first-order valence-corrected chi connectivity index (χ1v) is 7.57. The molecule has 8 heteroatoms. The maximum Gasteiger partial charge on any atom is 0.406 e. The average molecular weight is 338 g/mol. The molecule has 3 rings (SSSR count). The molecular weight excluding hydrogens is 321 g/mol. The molecule has 1 aliphatic heterocycles. The molecule has 0 aliphatic carbocycles. The van der Waals surface area contributed by atoms with Crippen LogP contribution in [0, 0.1) is 6.92 Å². The van der Waals surface area contributed by atoms with Crippen LogP contribution in [0.5, 0.6) is 0 Å². The van der Waals surface area contributed by atoms with E-state index in [9.17, 15) is 18.0 Å². The second-order valence-electron chi connectivity index (χ2n) is 5.75. The van der Waals surface area contributed by atoms with Crippen molar-refractivity contribution in [1.82, 2.24) is 14.7 Å². The van der Waals surface area contributed by atoms with Gasteiger partial charge in [0.2, 0.25) is 5.91 Å². The van der Waals surface area contributed by atoms with E-state index in [4.69, 9.17) is 0 Å². The van der Waals surface area contributed by atoms with Crippen LogP contribution in [-0.4, -0.2) is 45.9 Å². The molecule has 0 bridgehead atoms. The van der Waals surface area contributed by atoms with Crippen molar-refractivity contribution in [2.45, 2.75) is 25.6 Å². The Hall–Kier alpha value is -2.51. The molecule has 2 aromatic rings. The fourth-order valence-electron chi connectivity index (χ4n) is 2.81. The van der Waals surface area contributed by atoms with E-state index in [-0.39, 0.29) is 6.54 Å². The normalized spacial score (nSPS) is 18.2. The predicted molar refractivity (Wildman–Crippen MR) is 83.0 cm³/mol. The Balaban J connectivity index is 1.72. The van der Waals surface area contributed by atoms with Crippen molar-refractivity contribution < 1.29 is 18.0 Å². The van der Waals surface area contributed by atoms with Crippen LogP contribution in [-0.2, 0) is 4.79 Å². The Labute approximate surface area is 137 Å². The van der Waals surface area contributed by atoms with Gasteiger partial charge in [-0.2, -0.15) is 18.3 Å². The Morgan fingerprint density at radius 1 is 1.29 bits per heavy atom. The molecule has 5 nitrogen and oxygen atoms in total. The minimum Gasteiger partial charge on any atom is -0.371 e. The van der Waals surface area contributed by atoms with Gasteiger partial charge in [0.25, 0.3) is 0 Å². The lowest BCUT2D eigenvalue weighted by Crippen LogP contribution is -2.39. The molecule has 0 unspecified atom stereocenters. The number of amides is 1. The number of anilines is 1. The molecule has 1 saturated heterocycles. The minimum absolute atomic E-state index is 0.0991. The zero-order valence-corrected chi connectivity index (χ0v) is 13.0. The van der Waals surface area contributed by atoms with Gasteiger partial charge < -0.3 is 10.2 Å². The Bertz CT molecular complexity index is 727.